The Morgan fingerprint density at radius 2 is 2.38 bits per heavy atom. The fraction of sp³-hybridized carbons (Fsp3) is 0.636. The van der Waals surface area contributed by atoms with E-state index in [1.54, 1.807) is 19.5 Å². The Labute approximate surface area is 95.6 Å². The third-order valence-electron chi connectivity index (χ3n) is 2.38. The first-order valence-electron chi connectivity index (χ1n) is 5.40. The number of ether oxygens (including phenoxy) is 1. The number of nitrogens with zero attached hydrogens (tertiary/aromatic N) is 1. The first kappa shape index (κ1) is 12.7. The summed E-state index contributed by atoms with van der Waals surface area (Å²) >= 11 is 0. The van der Waals surface area contributed by atoms with Crippen molar-refractivity contribution in [3.63, 3.8) is 0 Å². The first-order chi connectivity index (χ1) is 7.63. The lowest BCUT2D eigenvalue weighted by molar-refractivity contribution is -0.122. The SMILES string of the molecule is COCC(C)CC(=O)NC(C)c1cn[nH]c1. The van der Waals surface area contributed by atoms with E-state index in [1.165, 1.54) is 0 Å². The van der Waals surface area contributed by atoms with Crippen molar-refractivity contribution in [1.29, 1.82) is 0 Å². The van der Waals surface area contributed by atoms with Crippen molar-refractivity contribution in [3.8, 4) is 0 Å². The van der Waals surface area contributed by atoms with Crippen LogP contribution in [0.25, 0.3) is 0 Å². The van der Waals surface area contributed by atoms with Gasteiger partial charge in [0.05, 0.1) is 12.2 Å². The third kappa shape index (κ3) is 4.02. The number of H-pyrrole nitrogens is 1. The monoisotopic (exact) mass is 225 g/mol. The molecule has 1 rings (SSSR count). The van der Waals surface area contributed by atoms with Crippen LogP contribution in [0, 0.1) is 5.92 Å². The molecule has 0 bridgehead atoms. The number of methoxy groups -OCH3 is 1. The van der Waals surface area contributed by atoms with Crippen LogP contribution < -0.4 is 5.32 Å². The lowest BCUT2D eigenvalue weighted by atomic mass is 10.1. The minimum atomic E-state index is -0.0130. The molecular weight excluding hydrogens is 206 g/mol. The van der Waals surface area contributed by atoms with E-state index < -0.39 is 0 Å². The molecule has 90 valence electrons. The average molecular weight is 225 g/mol. The average Bonchev–Trinajstić information content (AvgIpc) is 2.69. The molecule has 0 spiro atoms. The van der Waals surface area contributed by atoms with Gasteiger partial charge in [0.15, 0.2) is 0 Å². The van der Waals surface area contributed by atoms with Crippen molar-refractivity contribution in [1.82, 2.24) is 15.5 Å². The van der Waals surface area contributed by atoms with Gasteiger partial charge < -0.3 is 10.1 Å². The molecule has 0 aliphatic carbocycles. The highest BCUT2D eigenvalue weighted by Crippen LogP contribution is 2.10. The Kier molecular flexibility index (Phi) is 4.98. The summed E-state index contributed by atoms with van der Waals surface area (Å²) in [5, 5.41) is 9.49. The molecule has 0 aliphatic heterocycles. The summed E-state index contributed by atoms with van der Waals surface area (Å²) in [6.45, 7) is 4.53. The number of rotatable bonds is 6. The minimum absolute atomic E-state index is 0.0130. The van der Waals surface area contributed by atoms with Crippen LogP contribution in [0.2, 0.25) is 0 Å². The van der Waals surface area contributed by atoms with Gasteiger partial charge in [-0.2, -0.15) is 5.10 Å². The standard InChI is InChI=1S/C11H19N3O2/c1-8(7-16-3)4-11(15)14-9(2)10-5-12-13-6-10/h5-6,8-9H,4,7H2,1-3H3,(H,12,13)(H,14,15). The number of hydrogen-bond donors (Lipinski definition) is 2. The second-order valence-electron chi connectivity index (χ2n) is 4.09. The Morgan fingerprint density at radius 1 is 1.62 bits per heavy atom. The fourth-order valence-corrected chi connectivity index (χ4v) is 1.54. The fourth-order valence-electron chi connectivity index (χ4n) is 1.54. The number of aromatic nitrogens is 2. The zero-order chi connectivity index (χ0) is 12.0. The smallest absolute Gasteiger partial charge is 0.220 e. The Bertz CT molecular complexity index is 311. The Morgan fingerprint density at radius 3 is 2.94 bits per heavy atom. The van der Waals surface area contributed by atoms with Crippen LogP contribution in [0.4, 0.5) is 0 Å². The summed E-state index contributed by atoms with van der Waals surface area (Å²) in [6, 6.07) is -0.0130. The zero-order valence-electron chi connectivity index (χ0n) is 9.99. The van der Waals surface area contributed by atoms with Crippen LogP contribution in [-0.2, 0) is 9.53 Å². The molecule has 1 amide bonds. The molecule has 5 heteroatoms. The largest absolute Gasteiger partial charge is 0.384 e. The quantitative estimate of drug-likeness (QED) is 0.766. The molecule has 0 aromatic carbocycles. The molecule has 1 aromatic heterocycles. The van der Waals surface area contributed by atoms with E-state index in [2.05, 4.69) is 15.5 Å². The molecule has 0 saturated carbocycles. The van der Waals surface area contributed by atoms with Crippen LogP contribution in [0.15, 0.2) is 12.4 Å². The van der Waals surface area contributed by atoms with Crippen molar-refractivity contribution < 1.29 is 9.53 Å². The summed E-state index contributed by atoms with van der Waals surface area (Å²) in [6.07, 6.45) is 3.98. The molecule has 0 fully saturated rings. The normalized spacial score (nSPS) is 14.4. The maximum atomic E-state index is 11.6. The summed E-state index contributed by atoms with van der Waals surface area (Å²) in [5.41, 5.74) is 0.979. The van der Waals surface area contributed by atoms with Gasteiger partial charge in [-0.05, 0) is 12.8 Å². The molecule has 2 N–H and O–H groups in total. The van der Waals surface area contributed by atoms with Gasteiger partial charge in [0.25, 0.3) is 0 Å². The molecule has 16 heavy (non-hydrogen) atoms. The molecule has 2 unspecified atom stereocenters. The van der Waals surface area contributed by atoms with E-state index in [0.29, 0.717) is 13.0 Å². The van der Waals surface area contributed by atoms with E-state index in [9.17, 15) is 4.79 Å². The van der Waals surface area contributed by atoms with Crippen LogP contribution in [0.3, 0.4) is 0 Å². The topological polar surface area (TPSA) is 67.0 Å². The van der Waals surface area contributed by atoms with E-state index in [1.807, 2.05) is 13.8 Å². The van der Waals surface area contributed by atoms with Crippen LogP contribution in [-0.4, -0.2) is 29.8 Å². The van der Waals surface area contributed by atoms with Crippen LogP contribution in [0.1, 0.15) is 31.9 Å². The van der Waals surface area contributed by atoms with Gasteiger partial charge in [-0.15, -0.1) is 0 Å². The number of carbonyl (C=O) groups excluding carboxylic acids is 1. The maximum absolute atomic E-state index is 11.6. The highest BCUT2D eigenvalue weighted by Gasteiger charge is 2.13. The van der Waals surface area contributed by atoms with Crippen LogP contribution in [0.5, 0.6) is 0 Å². The highest BCUT2D eigenvalue weighted by molar-refractivity contribution is 5.76. The summed E-state index contributed by atoms with van der Waals surface area (Å²) in [7, 11) is 1.64. The zero-order valence-corrected chi connectivity index (χ0v) is 9.99. The van der Waals surface area contributed by atoms with E-state index >= 15 is 0 Å². The summed E-state index contributed by atoms with van der Waals surface area (Å²) < 4.78 is 4.99. The second-order valence-corrected chi connectivity index (χ2v) is 4.09. The number of carbonyl (C=O) groups is 1. The van der Waals surface area contributed by atoms with Crippen molar-refractivity contribution in [2.75, 3.05) is 13.7 Å². The molecule has 5 nitrogen and oxygen atoms in total. The van der Waals surface area contributed by atoms with Gasteiger partial charge in [0, 0.05) is 31.9 Å². The molecule has 0 aliphatic rings. The lowest BCUT2D eigenvalue weighted by Gasteiger charge is -2.14. The highest BCUT2D eigenvalue weighted by atomic mass is 16.5. The molecule has 1 aromatic rings. The third-order valence-corrected chi connectivity index (χ3v) is 2.38. The Hall–Kier alpha value is -1.36. The van der Waals surface area contributed by atoms with Gasteiger partial charge in [-0.1, -0.05) is 6.92 Å². The van der Waals surface area contributed by atoms with E-state index in [0.717, 1.165) is 5.56 Å². The molecule has 2 atom stereocenters. The Balaban J connectivity index is 2.34. The van der Waals surface area contributed by atoms with Crippen molar-refractivity contribution in [3.05, 3.63) is 18.0 Å². The van der Waals surface area contributed by atoms with Gasteiger partial charge in [-0.25, -0.2) is 0 Å². The second kappa shape index (κ2) is 6.27. The van der Waals surface area contributed by atoms with Crippen LogP contribution >= 0.6 is 0 Å². The summed E-state index contributed by atoms with van der Waals surface area (Å²) in [5.74, 6) is 0.278. The predicted octanol–water partition coefficient (Wildman–Crippen LogP) is 1.26. The number of nitrogens with one attached hydrogen (secondary N) is 2. The van der Waals surface area contributed by atoms with Crippen molar-refractivity contribution in [2.24, 2.45) is 5.92 Å². The number of hydrogen-bond acceptors (Lipinski definition) is 3. The summed E-state index contributed by atoms with van der Waals surface area (Å²) in [4.78, 5) is 11.6. The van der Waals surface area contributed by atoms with Crippen molar-refractivity contribution >= 4 is 5.91 Å². The minimum Gasteiger partial charge on any atom is -0.384 e. The molecule has 1 heterocycles. The molecule has 0 saturated heterocycles. The first-order valence-corrected chi connectivity index (χ1v) is 5.40. The maximum Gasteiger partial charge on any atom is 0.220 e. The number of amides is 1. The van der Waals surface area contributed by atoms with E-state index in [4.69, 9.17) is 4.74 Å². The predicted molar refractivity (Wildman–Crippen MR) is 60.8 cm³/mol. The molecular formula is C11H19N3O2. The van der Waals surface area contributed by atoms with Gasteiger partial charge in [0.1, 0.15) is 0 Å². The van der Waals surface area contributed by atoms with Gasteiger partial charge in [0.2, 0.25) is 5.91 Å². The van der Waals surface area contributed by atoms with E-state index in [-0.39, 0.29) is 17.9 Å². The number of aromatic amines is 1. The molecule has 0 radical (unpaired) electrons. The lowest BCUT2D eigenvalue weighted by Crippen LogP contribution is -2.28. The van der Waals surface area contributed by atoms with Gasteiger partial charge >= 0.3 is 0 Å². The van der Waals surface area contributed by atoms with Gasteiger partial charge in [-0.3, -0.25) is 9.89 Å². The van der Waals surface area contributed by atoms with Crippen molar-refractivity contribution in [2.45, 2.75) is 26.3 Å².